The number of fused-ring (bicyclic) bond motifs is 2. The van der Waals surface area contributed by atoms with Crippen LogP contribution in [0.3, 0.4) is 0 Å². The van der Waals surface area contributed by atoms with Gasteiger partial charge in [-0.15, -0.1) is 30.0 Å². The third-order valence-corrected chi connectivity index (χ3v) is 7.95. The molecule has 4 N–H and O–H groups in total. The summed E-state index contributed by atoms with van der Waals surface area (Å²) in [5.74, 6) is -0.0410. The standard InChI is InChI=1S/C35H38N8O3/c1-34(2,3)23-15-21(31(44)29(17-23)42-38-25-11-7-8-12-26(25)39-42)19-36-33(46)37-20-22-16-24(35(4,5)6)18-30(32(22)45)43-40-27-13-9-10-14-28(27)41-43/h7-18,44-45H,19-20H2,1-6H3,(H2,36,37,46). The lowest BCUT2D eigenvalue weighted by Crippen LogP contribution is -2.34. The molecule has 0 radical (unpaired) electrons. The molecule has 2 amide bonds. The van der Waals surface area contributed by atoms with E-state index in [9.17, 15) is 15.0 Å². The zero-order chi connectivity index (χ0) is 32.8. The van der Waals surface area contributed by atoms with Crippen LogP contribution in [0.1, 0.15) is 63.8 Å². The van der Waals surface area contributed by atoms with E-state index in [1.54, 1.807) is 0 Å². The topological polar surface area (TPSA) is 143 Å². The molecule has 6 rings (SSSR count). The van der Waals surface area contributed by atoms with E-state index in [4.69, 9.17) is 0 Å². The summed E-state index contributed by atoms with van der Waals surface area (Å²) in [6.07, 6.45) is 0. The number of phenols is 2. The first-order valence-corrected chi connectivity index (χ1v) is 15.2. The van der Waals surface area contributed by atoms with Crippen molar-refractivity contribution < 1.29 is 15.0 Å². The molecule has 0 unspecified atom stereocenters. The molecule has 0 saturated heterocycles. The van der Waals surface area contributed by atoms with E-state index in [1.807, 2.05) is 72.8 Å². The molecule has 0 aliphatic rings. The quantitative estimate of drug-likeness (QED) is 0.175. The van der Waals surface area contributed by atoms with Crippen molar-refractivity contribution in [2.75, 3.05) is 0 Å². The summed E-state index contributed by atoms with van der Waals surface area (Å²) >= 11 is 0. The number of urea groups is 1. The fourth-order valence-electron chi connectivity index (χ4n) is 5.14. The maximum absolute atomic E-state index is 13.1. The van der Waals surface area contributed by atoms with Gasteiger partial charge in [0.2, 0.25) is 0 Å². The summed E-state index contributed by atoms with van der Waals surface area (Å²) in [7, 11) is 0. The Labute approximate surface area is 266 Å². The van der Waals surface area contributed by atoms with Crippen molar-refractivity contribution in [1.29, 1.82) is 0 Å². The van der Waals surface area contributed by atoms with Crippen LogP contribution in [0.4, 0.5) is 4.79 Å². The van der Waals surface area contributed by atoms with Crippen molar-refractivity contribution in [3.05, 3.63) is 95.1 Å². The number of nitrogens with one attached hydrogen (secondary N) is 2. The van der Waals surface area contributed by atoms with Crippen LogP contribution in [0, 0.1) is 0 Å². The van der Waals surface area contributed by atoms with E-state index in [-0.39, 0.29) is 35.4 Å². The van der Waals surface area contributed by atoms with E-state index in [2.05, 4.69) is 72.6 Å². The lowest BCUT2D eigenvalue weighted by atomic mass is 9.85. The fourth-order valence-corrected chi connectivity index (χ4v) is 5.14. The largest absolute Gasteiger partial charge is 0.505 e. The van der Waals surface area contributed by atoms with Crippen LogP contribution in [-0.2, 0) is 23.9 Å². The van der Waals surface area contributed by atoms with Gasteiger partial charge in [-0.3, -0.25) is 0 Å². The van der Waals surface area contributed by atoms with Gasteiger partial charge in [0.1, 0.15) is 44.9 Å². The summed E-state index contributed by atoms with van der Waals surface area (Å²) in [5.41, 5.74) is 6.16. The highest BCUT2D eigenvalue weighted by Gasteiger charge is 2.23. The van der Waals surface area contributed by atoms with Crippen LogP contribution in [0.15, 0.2) is 72.8 Å². The first-order chi connectivity index (χ1) is 21.8. The molecule has 2 aromatic heterocycles. The minimum Gasteiger partial charge on any atom is -0.505 e. The van der Waals surface area contributed by atoms with Crippen molar-refractivity contribution in [1.82, 2.24) is 40.6 Å². The van der Waals surface area contributed by atoms with E-state index in [0.29, 0.717) is 44.6 Å². The second-order valence-electron chi connectivity index (χ2n) is 13.5. The van der Waals surface area contributed by atoms with Crippen LogP contribution in [0.2, 0.25) is 0 Å². The van der Waals surface area contributed by atoms with Crippen LogP contribution in [0.25, 0.3) is 33.4 Å². The highest BCUT2D eigenvalue weighted by Crippen LogP contribution is 2.35. The molecule has 4 aromatic carbocycles. The average Bonchev–Trinajstić information content (AvgIpc) is 3.63. The molecule has 11 nitrogen and oxygen atoms in total. The number of phenolic OH excluding ortho intramolecular Hbond substituents is 2. The normalized spacial score (nSPS) is 12.1. The van der Waals surface area contributed by atoms with E-state index >= 15 is 0 Å². The van der Waals surface area contributed by atoms with Gasteiger partial charge in [-0.25, -0.2) is 4.79 Å². The van der Waals surface area contributed by atoms with Gasteiger partial charge in [0, 0.05) is 24.2 Å². The van der Waals surface area contributed by atoms with Crippen LogP contribution in [0.5, 0.6) is 11.5 Å². The summed E-state index contributed by atoms with van der Waals surface area (Å²) < 4.78 is 0. The maximum Gasteiger partial charge on any atom is 0.315 e. The Morgan fingerprint density at radius 1 is 0.609 bits per heavy atom. The number of hydrogen-bond donors (Lipinski definition) is 4. The average molecular weight is 619 g/mol. The second kappa shape index (κ2) is 11.5. The van der Waals surface area contributed by atoms with Crippen LogP contribution >= 0.6 is 0 Å². The Hall–Kier alpha value is -5.45. The summed E-state index contributed by atoms with van der Waals surface area (Å²) in [5, 5.41) is 46.5. The molecular formula is C35H38N8O3. The monoisotopic (exact) mass is 618 g/mol. The molecule has 236 valence electrons. The van der Waals surface area contributed by atoms with E-state index in [1.165, 1.54) is 9.59 Å². The van der Waals surface area contributed by atoms with Crippen LogP contribution in [-0.4, -0.2) is 46.2 Å². The van der Waals surface area contributed by atoms with Crippen molar-refractivity contribution in [2.45, 2.75) is 65.5 Å². The first kappa shape index (κ1) is 30.6. The van der Waals surface area contributed by atoms with Gasteiger partial charge in [0.25, 0.3) is 0 Å². The molecule has 0 bridgehead atoms. The maximum atomic E-state index is 13.1. The number of rotatable bonds is 6. The van der Waals surface area contributed by atoms with Gasteiger partial charge in [-0.2, -0.15) is 0 Å². The van der Waals surface area contributed by atoms with Gasteiger partial charge in [-0.1, -0.05) is 65.8 Å². The Kier molecular flexibility index (Phi) is 7.63. The second-order valence-corrected chi connectivity index (χ2v) is 13.5. The molecule has 0 saturated carbocycles. The van der Waals surface area contributed by atoms with Crippen molar-refractivity contribution in [2.24, 2.45) is 0 Å². The summed E-state index contributed by atoms with van der Waals surface area (Å²) in [4.78, 5) is 15.9. The highest BCUT2D eigenvalue weighted by atomic mass is 16.3. The minimum absolute atomic E-state index is 0.0205. The first-order valence-electron chi connectivity index (χ1n) is 15.2. The van der Waals surface area contributed by atoms with Crippen molar-refractivity contribution >= 4 is 28.1 Å². The summed E-state index contributed by atoms with van der Waals surface area (Å²) in [6, 6.07) is 22.0. The predicted molar refractivity (Wildman–Crippen MR) is 178 cm³/mol. The van der Waals surface area contributed by atoms with Crippen LogP contribution < -0.4 is 10.6 Å². The molecule has 11 heteroatoms. The molecule has 2 heterocycles. The number of nitrogens with zero attached hydrogens (tertiary/aromatic N) is 6. The lowest BCUT2D eigenvalue weighted by molar-refractivity contribution is 0.240. The number of carbonyl (C=O) groups is 1. The predicted octanol–water partition coefficient (Wildman–Crippen LogP) is 6.16. The van der Waals surface area contributed by atoms with Gasteiger partial charge in [0.15, 0.2) is 0 Å². The SMILES string of the molecule is CC(C)(C)c1cc(CNC(=O)NCc2cc(C(C)(C)C)cc(-n3nc4ccccc4n3)c2O)c(O)c(-n2nc3ccccc3n2)c1. The molecule has 46 heavy (non-hydrogen) atoms. The zero-order valence-corrected chi connectivity index (χ0v) is 26.8. The van der Waals surface area contributed by atoms with Crippen molar-refractivity contribution in [3.8, 4) is 22.9 Å². The number of aromatic hydroxyl groups is 2. The molecular weight excluding hydrogens is 580 g/mol. The molecule has 0 aliphatic heterocycles. The molecule has 0 aliphatic carbocycles. The Morgan fingerprint density at radius 2 is 0.935 bits per heavy atom. The van der Waals surface area contributed by atoms with Gasteiger partial charge in [-0.05, 0) is 70.5 Å². The highest BCUT2D eigenvalue weighted by molar-refractivity contribution is 5.76. The Morgan fingerprint density at radius 3 is 1.24 bits per heavy atom. The molecule has 0 atom stereocenters. The number of benzene rings is 4. The van der Waals surface area contributed by atoms with E-state index < -0.39 is 6.03 Å². The third kappa shape index (κ3) is 6.08. The van der Waals surface area contributed by atoms with Crippen molar-refractivity contribution in [3.63, 3.8) is 0 Å². The number of carbonyl (C=O) groups excluding carboxylic acids is 1. The van der Waals surface area contributed by atoms with E-state index in [0.717, 1.165) is 11.1 Å². The zero-order valence-electron chi connectivity index (χ0n) is 26.8. The van der Waals surface area contributed by atoms with Gasteiger partial charge in [0.05, 0.1) is 0 Å². The van der Waals surface area contributed by atoms with Gasteiger partial charge < -0.3 is 20.8 Å². The number of aromatic nitrogens is 6. The molecule has 0 spiro atoms. The number of amides is 2. The Balaban J connectivity index is 1.24. The summed E-state index contributed by atoms with van der Waals surface area (Å²) in [6.45, 7) is 12.6. The Bertz CT molecular complexity index is 1870. The third-order valence-electron chi connectivity index (χ3n) is 7.95. The molecule has 0 fully saturated rings. The molecule has 6 aromatic rings. The smallest absolute Gasteiger partial charge is 0.315 e. The van der Waals surface area contributed by atoms with Gasteiger partial charge >= 0.3 is 6.03 Å². The fraction of sp³-hybridized carbons (Fsp3) is 0.286. The minimum atomic E-state index is -0.463. The number of hydrogen-bond acceptors (Lipinski definition) is 7. The lowest BCUT2D eigenvalue weighted by Gasteiger charge is -2.23.